The number of hydrogen-bond acceptors (Lipinski definition) is 4. The SMILES string of the molecule is CCCCNC(=O)/C(C#N)=C\Nc1cc(Cl)ccc1O. The van der Waals surface area contributed by atoms with Gasteiger partial charge in [-0.3, -0.25) is 4.79 Å². The number of hydrogen-bond donors (Lipinski definition) is 3. The topological polar surface area (TPSA) is 85.2 Å². The van der Waals surface area contributed by atoms with E-state index in [1.807, 2.05) is 6.92 Å². The summed E-state index contributed by atoms with van der Waals surface area (Å²) >= 11 is 5.80. The summed E-state index contributed by atoms with van der Waals surface area (Å²) in [5, 5.41) is 24.3. The number of aromatic hydroxyl groups is 1. The minimum absolute atomic E-state index is 0.0191. The molecule has 0 spiro atoms. The zero-order valence-corrected chi connectivity index (χ0v) is 11.9. The monoisotopic (exact) mass is 293 g/mol. The maximum atomic E-state index is 11.7. The Morgan fingerprint density at radius 1 is 1.55 bits per heavy atom. The van der Waals surface area contributed by atoms with Gasteiger partial charge < -0.3 is 15.7 Å². The van der Waals surface area contributed by atoms with Gasteiger partial charge in [-0.2, -0.15) is 5.26 Å². The van der Waals surface area contributed by atoms with Gasteiger partial charge in [0.05, 0.1) is 5.69 Å². The molecule has 0 bridgehead atoms. The highest BCUT2D eigenvalue weighted by Crippen LogP contribution is 2.26. The van der Waals surface area contributed by atoms with Crippen molar-refractivity contribution in [2.75, 3.05) is 11.9 Å². The molecule has 1 aromatic rings. The second-order valence-electron chi connectivity index (χ2n) is 4.09. The lowest BCUT2D eigenvalue weighted by atomic mass is 10.2. The molecule has 0 aliphatic rings. The second kappa shape index (κ2) is 8.08. The molecule has 20 heavy (non-hydrogen) atoms. The molecule has 5 nitrogen and oxygen atoms in total. The molecule has 0 unspecified atom stereocenters. The number of carbonyl (C=O) groups is 1. The Bertz CT molecular complexity index is 550. The van der Waals surface area contributed by atoms with E-state index in [9.17, 15) is 9.90 Å². The molecule has 0 atom stereocenters. The van der Waals surface area contributed by atoms with Gasteiger partial charge in [0.25, 0.3) is 5.91 Å². The lowest BCUT2D eigenvalue weighted by molar-refractivity contribution is -0.117. The maximum absolute atomic E-state index is 11.7. The smallest absolute Gasteiger partial charge is 0.263 e. The van der Waals surface area contributed by atoms with Crippen LogP contribution in [-0.2, 0) is 4.79 Å². The van der Waals surface area contributed by atoms with E-state index in [1.165, 1.54) is 24.4 Å². The van der Waals surface area contributed by atoms with Crippen molar-refractivity contribution < 1.29 is 9.90 Å². The Balaban J connectivity index is 2.73. The molecule has 1 rings (SSSR count). The summed E-state index contributed by atoms with van der Waals surface area (Å²) in [6.07, 6.45) is 3.06. The fourth-order valence-corrected chi connectivity index (χ4v) is 1.57. The van der Waals surface area contributed by atoms with E-state index in [-0.39, 0.29) is 11.3 Å². The molecule has 0 aliphatic heterocycles. The minimum Gasteiger partial charge on any atom is -0.506 e. The van der Waals surface area contributed by atoms with Crippen molar-refractivity contribution in [2.45, 2.75) is 19.8 Å². The van der Waals surface area contributed by atoms with Crippen LogP contribution in [0.4, 0.5) is 5.69 Å². The number of unbranched alkanes of at least 4 members (excludes halogenated alkanes) is 1. The number of anilines is 1. The predicted octanol–water partition coefficient (Wildman–Crippen LogP) is 2.78. The summed E-state index contributed by atoms with van der Waals surface area (Å²) in [4.78, 5) is 11.7. The molecule has 0 radical (unpaired) electrons. The van der Waals surface area contributed by atoms with E-state index in [0.717, 1.165) is 12.8 Å². The lowest BCUT2D eigenvalue weighted by Crippen LogP contribution is -2.25. The first kappa shape index (κ1) is 15.9. The Kier molecular flexibility index (Phi) is 6.41. The summed E-state index contributed by atoms with van der Waals surface area (Å²) in [5.74, 6) is -0.468. The summed E-state index contributed by atoms with van der Waals surface area (Å²) in [7, 11) is 0. The molecule has 0 aromatic heterocycles. The molecular formula is C14H16ClN3O2. The highest BCUT2D eigenvalue weighted by atomic mass is 35.5. The van der Waals surface area contributed by atoms with Crippen LogP contribution in [0.25, 0.3) is 0 Å². The maximum Gasteiger partial charge on any atom is 0.263 e. The van der Waals surface area contributed by atoms with Crippen LogP contribution in [0.1, 0.15) is 19.8 Å². The number of benzene rings is 1. The molecule has 1 aromatic carbocycles. The fraction of sp³-hybridized carbons (Fsp3) is 0.286. The third kappa shape index (κ3) is 4.82. The number of nitrogens with zero attached hydrogens (tertiary/aromatic N) is 1. The number of phenolic OH excluding ortho intramolecular Hbond substituents is 1. The van der Waals surface area contributed by atoms with Crippen LogP contribution >= 0.6 is 11.6 Å². The van der Waals surface area contributed by atoms with Crippen molar-refractivity contribution in [3.05, 3.63) is 35.0 Å². The number of nitrogens with one attached hydrogen (secondary N) is 2. The van der Waals surface area contributed by atoms with E-state index in [1.54, 1.807) is 6.07 Å². The quantitative estimate of drug-likeness (QED) is 0.326. The summed E-state index contributed by atoms with van der Waals surface area (Å²) in [6, 6.07) is 6.26. The van der Waals surface area contributed by atoms with Crippen LogP contribution in [0.3, 0.4) is 0 Å². The zero-order valence-electron chi connectivity index (χ0n) is 11.1. The average molecular weight is 294 g/mol. The molecule has 1 amide bonds. The highest BCUT2D eigenvalue weighted by Gasteiger charge is 2.08. The fourth-order valence-electron chi connectivity index (χ4n) is 1.40. The number of halogens is 1. The normalized spacial score (nSPS) is 10.8. The summed E-state index contributed by atoms with van der Waals surface area (Å²) in [5.41, 5.74) is 0.257. The largest absolute Gasteiger partial charge is 0.506 e. The first-order valence-corrected chi connectivity index (χ1v) is 6.59. The van der Waals surface area contributed by atoms with Gasteiger partial charge in [-0.25, -0.2) is 0 Å². The predicted molar refractivity (Wildman–Crippen MR) is 78.4 cm³/mol. The Hall–Kier alpha value is -2.19. The highest BCUT2D eigenvalue weighted by molar-refractivity contribution is 6.30. The Morgan fingerprint density at radius 3 is 2.95 bits per heavy atom. The molecule has 0 saturated heterocycles. The van der Waals surface area contributed by atoms with Crippen molar-refractivity contribution in [3.8, 4) is 11.8 Å². The van der Waals surface area contributed by atoms with Crippen LogP contribution in [0.5, 0.6) is 5.75 Å². The summed E-state index contributed by atoms with van der Waals surface area (Å²) < 4.78 is 0. The van der Waals surface area contributed by atoms with Crippen molar-refractivity contribution in [1.82, 2.24) is 5.32 Å². The Labute approximate surface area is 122 Å². The lowest BCUT2D eigenvalue weighted by Gasteiger charge is -2.06. The molecular weight excluding hydrogens is 278 g/mol. The van der Waals surface area contributed by atoms with Crippen LogP contribution in [0, 0.1) is 11.3 Å². The van der Waals surface area contributed by atoms with Gasteiger partial charge >= 0.3 is 0 Å². The van der Waals surface area contributed by atoms with Gasteiger partial charge in [-0.15, -0.1) is 0 Å². The van der Waals surface area contributed by atoms with Gasteiger partial charge in [0.1, 0.15) is 17.4 Å². The van der Waals surface area contributed by atoms with Gasteiger partial charge in [-0.1, -0.05) is 24.9 Å². The van der Waals surface area contributed by atoms with E-state index >= 15 is 0 Å². The van der Waals surface area contributed by atoms with E-state index in [4.69, 9.17) is 16.9 Å². The summed E-state index contributed by atoms with van der Waals surface area (Å²) in [6.45, 7) is 2.54. The molecule has 0 fully saturated rings. The van der Waals surface area contributed by atoms with E-state index in [2.05, 4.69) is 10.6 Å². The van der Waals surface area contributed by atoms with Crippen molar-refractivity contribution >= 4 is 23.2 Å². The third-order valence-electron chi connectivity index (χ3n) is 2.51. The van der Waals surface area contributed by atoms with Gasteiger partial charge in [0.2, 0.25) is 0 Å². The molecule has 6 heteroatoms. The number of amides is 1. The van der Waals surface area contributed by atoms with Gasteiger partial charge in [-0.05, 0) is 24.6 Å². The van der Waals surface area contributed by atoms with Gasteiger partial charge in [0.15, 0.2) is 0 Å². The number of rotatable bonds is 6. The van der Waals surface area contributed by atoms with E-state index in [0.29, 0.717) is 17.3 Å². The number of phenols is 1. The van der Waals surface area contributed by atoms with Crippen LogP contribution in [-0.4, -0.2) is 17.6 Å². The molecule has 0 saturated carbocycles. The zero-order chi connectivity index (χ0) is 15.0. The standard InChI is InChI=1S/C14H16ClN3O2/c1-2-3-6-17-14(20)10(8-16)9-18-12-7-11(15)4-5-13(12)19/h4-5,7,9,18-19H,2-3,6H2,1H3,(H,17,20)/b10-9-. The van der Waals surface area contributed by atoms with Crippen LogP contribution in [0.2, 0.25) is 5.02 Å². The number of nitriles is 1. The van der Waals surface area contributed by atoms with Crippen molar-refractivity contribution in [1.29, 1.82) is 5.26 Å². The number of carbonyl (C=O) groups excluding carboxylic acids is 1. The van der Waals surface area contributed by atoms with Crippen LogP contribution < -0.4 is 10.6 Å². The van der Waals surface area contributed by atoms with Crippen LogP contribution in [0.15, 0.2) is 30.0 Å². The van der Waals surface area contributed by atoms with Gasteiger partial charge in [0, 0.05) is 17.8 Å². The molecule has 0 aliphatic carbocycles. The average Bonchev–Trinajstić information content (AvgIpc) is 2.43. The molecule has 0 heterocycles. The third-order valence-corrected chi connectivity index (χ3v) is 2.75. The second-order valence-corrected chi connectivity index (χ2v) is 4.52. The van der Waals surface area contributed by atoms with Crippen molar-refractivity contribution in [2.24, 2.45) is 0 Å². The first-order valence-electron chi connectivity index (χ1n) is 6.22. The first-order chi connectivity index (χ1) is 9.58. The van der Waals surface area contributed by atoms with Crippen molar-refractivity contribution in [3.63, 3.8) is 0 Å². The van der Waals surface area contributed by atoms with E-state index < -0.39 is 5.91 Å². The minimum atomic E-state index is -0.449. The molecule has 106 valence electrons. The molecule has 3 N–H and O–H groups in total. The Morgan fingerprint density at radius 2 is 2.30 bits per heavy atom.